The van der Waals surface area contributed by atoms with Crippen molar-refractivity contribution in [2.45, 2.75) is 44.7 Å². The van der Waals surface area contributed by atoms with Gasteiger partial charge in [-0.2, -0.15) is 0 Å². The highest BCUT2D eigenvalue weighted by atomic mass is 32.2. The van der Waals surface area contributed by atoms with Crippen LogP contribution < -0.4 is 5.32 Å². The number of benzene rings is 1. The minimum atomic E-state index is 0.0243. The number of carbonyl (C=O) groups is 1. The van der Waals surface area contributed by atoms with E-state index in [-0.39, 0.29) is 5.91 Å². The van der Waals surface area contributed by atoms with Crippen LogP contribution in [-0.2, 0) is 4.79 Å². The van der Waals surface area contributed by atoms with Gasteiger partial charge in [0.15, 0.2) is 11.0 Å². The van der Waals surface area contributed by atoms with E-state index in [1.54, 1.807) is 12.4 Å². The second-order valence-corrected chi connectivity index (χ2v) is 7.81. The number of hydrogen-bond acceptors (Lipinski definition) is 5. The first kappa shape index (κ1) is 21.0. The number of carbonyl (C=O) groups excluding carboxylic acids is 1. The number of thioether (sulfide) groups is 1. The molecule has 7 heteroatoms. The van der Waals surface area contributed by atoms with E-state index in [9.17, 15) is 4.79 Å². The molecule has 0 aliphatic carbocycles. The number of unbranched alkanes of at least 4 members (excludes halogenated alkanes) is 3. The molecule has 0 radical (unpaired) electrons. The molecule has 29 heavy (non-hydrogen) atoms. The molecule has 3 aromatic rings. The van der Waals surface area contributed by atoms with Gasteiger partial charge in [0.05, 0.1) is 11.4 Å². The van der Waals surface area contributed by atoms with Crippen LogP contribution in [0.5, 0.6) is 0 Å². The number of rotatable bonds is 10. The normalized spacial score (nSPS) is 10.8. The van der Waals surface area contributed by atoms with Crippen LogP contribution in [0.3, 0.4) is 0 Å². The predicted octanol–water partition coefficient (Wildman–Crippen LogP) is 4.43. The van der Waals surface area contributed by atoms with Gasteiger partial charge >= 0.3 is 0 Å². The average Bonchev–Trinajstić information content (AvgIpc) is 3.17. The fraction of sp³-hybridized carbons (Fsp3) is 0.364. The minimum Gasteiger partial charge on any atom is -0.355 e. The quantitative estimate of drug-likeness (QED) is 0.396. The van der Waals surface area contributed by atoms with E-state index < -0.39 is 0 Å². The van der Waals surface area contributed by atoms with Crippen molar-refractivity contribution in [2.75, 3.05) is 12.3 Å². The highest BCUT2D eigenvalue weighted by Crippen LogP contribution is 2.29. The number of hydrogen-bond donors (Lipinski definition) is 1. The van der Waals surface area contributed by atoms with Crippen molar-refractivity contribution in [2.24, 2.45) is 0 Å². The molecule has 0 bridgehead atoms. The summed E-state index contributed by atoms with van der Waals surface area (Å²) in [7, 11) is 0. The number of aromatic nitrogens is 4. The van der Waals surface area contributed by atoms with Gasteiger partial charge in [-0.25, -0.2) is 0 Å². The van der Waals surface area contributed by atoms with Gasteiger partial charge in [-0.1, -0.05) is 56.1 Å². The van der Waals surface area contributed by atoms with Crippen molar-refractivity contribution in [1.82, 2.24) is 25.1 Å². The molecule has 0 aliphatic heterocycles. The summed E-state index contributed by atoms with van der Waals surface area (Å²) < 4.78 is 2.02. The van der Waals surface area contributed by atoms with E-state index in [4.69, 9.17) is 0 Å². The van der Waals surface area contributed by atoms with E-state index in [1.807, 2.05) is 34.9 Å². The van der Waals surface area contributed by atoms with Crippen molar-refractivity contribution in [3.05, 3.63) is 54.4 Å². The Morgan fingerprint density at radius 1 is 1.07 bits per heavy atom. The summed E-state index contributed by atoms with van der Waals surface area (Å²) in [6, 6.07) is 11.9. The predicted molar refractivity (Wildman–Crippen MR) is 117 cm³/mol. The molecule has 0 unspecified atom stereocenters. The molecule has 2 heterocycles. The number of amides is 1. The summed E-state index contributed by atoms with van der Waals surface area (Å²) >= 11 is 1.40. The average molecular weight is 410 g/mol. The minimum absolute atomic E-state index is 0.0243. The molecule has 2 aromatic heterocycles. The largest absolute Gasteiger partial charge is 0.355 e. The topological polar surface area (TPSA) is 72.7 Å². The summed E-state index contributed by atoms with van der Waals surface area (Å²) in [5.41, 5.74) is 3.06. The number of nitrogens with zero attached hydrogens (tertiary/aromatic N) is 4. The van der Waals surface area contributed by atoms with Gasteiger partial charge in [0.25, 0.3) is 0 Å². The second-order valence-electron chi connectivity index (χ2n) is 6.86. The molecule has 6 nitrogen and oxygen atoms in total. The van der Waals surface area contributed by atoms with Crippen LogP contribution in [0.1, 0.15) is 38.2 Å². The lowest BCUT2D eigenvalue weighted by atomic mass is 10.2. The zero-order valence-corrected chi connectivity index (χ0v) is 17.8. The van der Waals surface area contributed by atoms with Gasteiger partial charge in [-0.05, 0) is 37.1 Å². The Morgan fingerprint density at radius 3 is 2.62 bits per heavy atom. The van der Waals surface area contributed by atoms with Crippen LogP contribution in [0, 0.1) is 6.92 Å². The third-order valence-corrected chi connectivity index (χ3v) is 5.54. The van der Waals surface area contributed by atoms with Gasteiger partial charge in [-0.3, -0.25) is 14.3 Å². The number of pyridine rings is 1. The molecule has 0 saturated carbocycles. The summed E-state index contributed by atoms with van der Waals surface area (Å²) in [6.07, 6.45) is 8.06. The van der Waals surface area contributed by atoms with E-state index in [2.05, 4.69) is 40.4 Å². The van der Waals surface area contributed by atoms with Crippen LogP contribution in [0.25, 0.3) is 17.1 Å². The van der Waals surface area contributed by atoms with Crippen molar-refractivity contribution in [3.63, 3.8) is 0 Å². The van der Waals surface area contributed by atoms with Gasteiger partial charge < -0.3 is 5.32 Å². The maximum atomic E-state index is 12.2. The van der Waals surface area contributed by atoms with Crippen LogP contribution >= 0.6 is 11.8 Å². The smallest absolute Gasteiger partial charge is 0.230 e. The molecule has 0 atom stereocenters. The van der Waals surface area contributed by atoms with Crippen molar-refractivity contribution >= 4 is 17.7 Å². The van der Waals surface area contributed by atoms with Gasteiger partial charge in [0, 0.05) is 24.5 Å². The third-order valence-electron chi connectivity index (χ3n) is 4.61. The third kappa shape index (κ3) is 5.67. The van der Waals surface area contributed by atoms with Crippen molar-refractivity contribution in [3.8, 4) is 17.1 Å². The molecule has 1 aromatic carbocycles. The number of nitrogens with one attached hydrogen (secondary N) is 1. The Kier molecular flexibility index (Phi) is 7.81. The fourth-order valence-corrected chi connectivity index (χ4v) is 3.82. The van der Waals surface area contributed by atoms with Gasteiger partial charge in [-0.15, -0.1) is 10.2 Å². The van der Waals surface area contributed by atoms with E-state index in [1.165, 1.54) is 24.6 Å². The summed E-state index contributed by atoms with van der Waals surface area (Å²) in [4.78, 5) is 16.3. The lowest BCUT2D eigenvalue weighted by Gasteiger charge is -2.12. The summed E-state index contributed by atoms with van der Waals surface area (Å²) in [5, 5.41) is 12.5. The van der Waals surface area contributed by atoms with Crippen LogP contribution in [0.15, 0.2) is 53.9 Å². The van der Waals surface area contributed by atoms with E-state index >= 15 is 0 Å². The Balaban J connectivity index is 1.76. The molecule has 0 aliphatic rings. The highest BCUT2D eigenvalue weighted by molar-refractivity contribution is 7.99. The zero-order chi connectivity index (χ0) is 20.5. The van der Waals surface area contributed by atoms with Crippen LogP contribution in [-0.4, -0.2) is 38.0 Å². The summed E-state index contributed by atoms with van der Waals surface area (Å²) in [6.45, 7) is 4.97. The van der Waals surface area contributed by atoms with Crippen molar-refractivity contribution < 1.29 is 4.79 Å². The molecule has 3 rings (SSSR count). The molecule has 0 fully saturated rings. The SMILES string of the molecule is CCCCCCNC(=O)CSc1nnc(-c2ccncc2)n1-c1ccccc1C. The summed E-state index contributed by atoms with van der Waals surface area (Å²) in [5.74, 6) is 1.08. The Hall–Kier alpha value is -2.67. The second kappa shape index (κ2) is 10.8. The molecule has 1 N–H and O–H groups in total. The van der Waals surface area contributed by atoms with E-state index in [0.29, 0.717) is 10.9 Å². The lowest BCUT2D eigenvalue weighted by molar-refractivity contribution is -0.118. The monoisotopic (exact) mass is 409 g/mol. The van der Waals surface area contributed by atoms with Gasteiger partial charge in [0.1, 0.15) is 0 Å². The molecule has 0 spiro atoms. The molecule has 1 amide bonds. The molecule has 0 saturated heterocycles. The number of aryl methyl sites for hydroxylation is 1. The fourth-order valence-electron chi connectivity index (χ4n) is 3.04. The Morgan fingerprint density at radius 2 is 1.86 bits per heavy atom. The Labute approximate surface area is 176 Å². The van der Waals surface area contributed by atoms with Crippen LogP contribution in [0.2, 0.25) is 0 Å². The standard InChI is InChI=1S/C22H27N5OS/c1-3-4-5-8-13-24-20(28)16-29-22-26-25-21(18-11-14-23-15-12-18)27(22)19-10-7-6-9-17(19)2/h6-7,9-12,14-15H,3-5,8,13,16H2,1-2H3,(H,24,28). The molecular formula is C22H27N5OS. The van der Waals surface area contributed by atoms with Crippen molar-refractivity contribution in [1.29, 1.82) is 0 Å². The highest BCUT2D eigenvalue weighted by Gasteiger charge is 2.18. The Bertz CT molecular complexity index is 926. The zero-order valence-electron chi connectivity index (χ0n) is 17.0. The first-order valence-corrected chi connectivity index (χ1v) is 11.0. The number of para-hydroxylation sites is 1. The van der Waals surface area contributed by atoms with Gasteiger partial charge in [0.2, 0.25) is 5.91 Å². The lowest BCUT2D eigenvalue weighted by Crippen LogP contribution is -2.26. The molecule has 152 valence electrons. The van der Waals surface area contributed by atoms with E-state index in [0.717, 1.165) is 42.0 Å². The molecular weight excluding hydrogens is 382 g/mol. The van der Waals surface area contributed by atoms with Crippen LogP contribution in [0.4, 0.5) is 0 Å². The first-order chi connectivity index (χ1) is 14.2. The first-order valence-electron chi connectivity index (χ1n) is 10.0. The maximum Gasteiger partial charge on any atom is 0.230 e. The maximum absolute atomic E-state index is 12.2.